The van der Waals surface area contributed by atoms with E-state index < -0.39 is 13.6 Å². The fourth-order valence-corrected chi connectivity index (χ4v) is 2.29. The summed E-state index contributed by atoms with van der Waals surface area (Å²) in [6, 6.07) is 0. The van der Waals surface area contributed by atoms with Crippen molar-refractivity contribution in [3.63, 3.8) is 0 Å². The minimum Gasteiger partial charge on any atom is -0.481 e. The third-order valence-electron chi connectivity index (χ3n) is 2.03. The molecule has 0 aromatic carbocycles. The number of carbonyl (C=O) groups is 1. The average molecular weight is 336 g/mol. The van der Waals surface area contributed by atoms with Crippen molar-refractivity contribution >= 4 is 13.6 Å². The molecule has 0 aliphatic rings. The predicted octanol–water partition coefficient (Wildman–Crippen LogP) is 0.913. The van der Waals surface area contributed by atoms with Gasteiger partial charge in [-0.2, -0.15) is 0 Å². The molecule has 0 saturated carbocycles. The fourth-order valence-electron chi connectivity index (χ4n) is 1.16. The van der Waals surface area contributed by atoms with Crippen LogP contribution in [0.1, 0.15) is 31.9 Å². The summed E-state index contributed by atoms with van der Waals surface area (Å²) < 4.78 is 21.7. The summed E-state index contributed by atoms with van der Waals surface area (Å²) in [5, 5.41) is 23.3. The van der Waals surface area contributed by atoms with Crippen molar-refractivity contribution in [1.29, 1.82) is 0 Å². The largest absolute Gasteiger partial charge is 0.481 e. The summed E-state index contributed by atoms with van der Waals surface area (Å²) in [4.78, 5) is 19.7. The van der Waals surface area contributed by atoms with Gasteiger partial charge in [0.2, 0.25) is 0 Å². The number of carboxylic acid groups (broad SMARTS) is 1. The SMILES string of the molecule is CCOOP(=O)(Cc1nnc(CCC(=O)O)nn1)OOCC. The molecule has 22 heavy (non-hydrogen) atoms. The van der Waals surface area contributed by atoms with E-state index in [1.165, 1.54) is 0 Å². The minimum absolute atomic E-state index is 0.0122. The molecular formula is C10H17N4O7P. The van der Waals surface area contributed by atoms with Gasteiger partial charge in [-0.15, -0.1) is 29.7 Å². The number of rotatable bonds is 11. The van der Waals surface area contributed by atoms with E-state index in [2.05, 4.69) is 39.5 Å². The Bertz CT molecular complexity index is 501. The number of aryl methyl sites for hydroxylation is 1. The molecule has 1 N–H and O–H groups in total. The summed E-state index contributed by atoms with van der Waals surface area (Å²) in [6.45, 7) is 3.60. The number of hydrogen-bond acceptors (Lipinski definition) is 10. The molecule has 1 rings (SSSR count). The van der Waals surface area contributed by atoms with Crippen LogP contribution in [-0.4, -0.2) is 44.7 Å². The normalized spacial score (nSPS) is 11.5. The summed E-state index contributed by atoms with van der Waals surface area (Å²) in [7, 11) is -3.76. The van der Waals surface area contributed by atoms with E-state index in [4.69, 9.17) is 5.11 Å². The van der Waals surface area contributed by atoms with E-state index in [0.717, 1.165) is 0 Å². The summed E-state index contributed by atoms with van der Waals surface area (Å²) in [5.41, 5.74) is 0. The molecule has 1 heterocycles. The highest BCUT2D eigenvalue weighted by atomic mass is 31.2. The number of hydrogen-bond donors (Lipinski definition) is 1. The Hall–Kier alpha value is -1.52. The van der Waals surface area contributed by atoms with Crippen LogP contribution >= 0.6 is 7.60 Å². The Balaban J connectivity index is 2.67. The Labute approximate surface area is 126 Å². The van der Waals surface area contributed by atoms with Crippen molar-refractivity contribution in [2.24, 2.45) is 0 Å². The van der Waals surface area contributed by atoms with Crippen molar-refractivity contribution in [3.8, 4) is 0 Å². The van der Waals surface area contributed by atoms with Gasteiger partial charge in [0, 0.05) is 6.42 Å². The van der Waals surface area contributed by atoms with Gasteiger partial charge in [0.15, 0.2) is 11.6 Å². The lowest BCUT2D eigenvalue weighted by atomic mass is 10.3. The zero-order chi connectivity index (χ0) is 16.4. The Morgan fingerprint density at radius 2 is 1.55 bits per heavy atom. The second kappa shape index (κ2) is 9.49. The van der Waals surface area contributed by atoms with Crippen LogP contribution in [0.2, 0.25) is 0 Å². The molecule has 1 aromatic rings. The molecule has 124 valence electrons. The molecule has 0 saturated heterocycles. The first-order chi connectivity index (χ1) is 10.5. The number of carboxylic acids is 1. The zero-order valence-corrected chi connectivity index (χ0v) is 13.1. The molecule has 0 atom stereocenters. The quantitative estimate of drug-likeness (QED) is 0.350. The van der Waals surface area contributed by atoms with Gasteiger partial charge >= 0.3 is 13.6 Å². The van der Waals surface area contributed by atoms with Gasteiger partial charge in [0.05, 0.1) is 19.6 Å². The van der Waals surface area contributed by atoms with Crippen LogP contribution in [0.3, 0.4) is 0 Å². The van der Waals surface area contributed by atoms with Crippen LogP contribution in [0, 0.1) is 0 Å². The van der Waals surface area contributed by atoms with Gasteiger partial charge in [-0.1, -0.05) is 0 Å². The Morgan fingerprint density at radius 1 is 1.05 bits per heavy atom. The maximum atomic E-state index is 12.3. The van der Waals surface area contributed by atoms with Gasteiger partial charge in [0.1, 0.15) is 6.16 Å². The highest BCUT2D eigenvalue weighted by Crippen LogP contribution is 2.51. The third kappa shape index (κ3) is 6.96. The zero-order valence-electron chi connectivity index (χ0n) is 12.2. The predicted molar refractivity (Wildman–Crippen MR) is 70.3 cm³/mol. The lowest BCUT2D eigenvalue weighted by Gasteiger charge is -2.14. The lowest BCUT2D eigenvalue weighted by molar-refractivity contribution is -0.263. The molecule has 1 aromatic heterocycles. The van der Waals surface area contributed by atoms with Crippen LogP contribution in [0.5, 0.6) is 0 Å². The van der Waals surface area contributed by atoms with E-state index in [1.54, 1.807) is 13.8 Å². The smallest absolute Gasteiger partial charge is 0.391 e. The highest BCUT2D eigenvalue weighted by Gasteiger charge is 2.30. The van der Waals surface area contributed by atoms with E-state index in [9.17, 15) is 9.36 Å². The standard InChI is InChI=1S/C10H17N4O7P/c1-3-18-20-22(17,21-19-4-2)7-9-13-11-8(12-14-9)5-6-10(15)16/h3-7H2,1-2H3,(H,15,16). The summed E-state index contributed by atoms with van der Waals surface area (Å²) >= 11 is 0. The monoisotopic (exact) mass is 336 g/mol. The van der Waals surface area contributed by atoms with Crippen LogP contribution in [0.15, 0.2) is 0 Å². The van der Waals surface area contributed by atoms with Crippen molar-refractivity contribution in [3.05, 3.63) is 11.6 Å². The minimum atomic E-state index is -3.76. The second-order valence-electron chi connectivity index (χ2n) is 3.86. The summed E-state index contributed by atoms with van der Waals surface area (Å²) in [6.07, 6.45) is -0.396. The molecule has 0 aliphatic heterocycles. The molecule has 0 fully saturated rings. The van der Waals surface area contributed by atoms with E-state index in [-0.39, 0.29) is 43.9 Å². The van der Waals surface area contributed by atoms with Crippen LogP contribution in [0.4, 0.5) is 0 Å². The molecule has 0 bridgehead atoms. The van der Waals surface area contributed by atoms with Gasteiger partial charge in [0.25, 0.3) is 0 Å². The number of nitrogens with zero attached hydrogens (tertiary/aromatic N) is 4. The van der Waals surface area contributed by atoms with Gasteiger partial charge < -0.3 is 5.11 Å². The molecule has 0 aliphatic carbocycles. The molecule has 12 heteroatoms. The molecule has 0 spiro atoms. The van der Waals surface area contributed by atoms with E-state index >= 15 is 0 Å². The first-order valence-electron chi connectivity index (χ1n) is 6.47. The van der Waals surface area contributed by atoms with Crippen molar-refractivity contribution in [2.45, 2.75) is 32.9 Å². The molecular weight excluding hydrogens is 319 g/mol. The Morgan fingerprint density at radius 3 is 2.00 bits per heavy atom. The first kappa shape index (κ1) is 18.5. The average Bonchev–Trinajstić information content (AvgIpc) is 2.50. The number of aliphatic carboxylic acids is 1. The molecule has 0 amide bonds. The van der Waals surface area contributed by atoms with Gasteiger partial charge in [-0.05, 0) is 13.8 Å². The van der Waals surface area contributed by atoms with E-state index in [0.29, 0.717) is 0 Å². The van der Waals surface area contributed by atoms with Crippen LogP contribution < -0.4 is 0 Å². The van der Waals surface area contributed by atoms with Gasteiger partial charge in [-0.3, -0.25) is 9.36 Å². The third-order valence-corrected chi connectivity index (χ3v) is 3.36. The fraction of sp³-hybridized carbons (Fsp3) is 0.700. The Kier molecular flexibility index (Phi) is 7.99. The van der Waals surface area contributed by atoms with Crippen molar-refractivity contribution < 1.29 is 33.6 Å². The maximum absolute atomic E-state index is 12.3. The van der Waals surface area contributed by atoms with Crippen molar-refractivity contribution in [1.82, 2.24) is 20.4 Å². The second-order valence-corrected chi connectivity index (χ2v) is 5.69. The molecule has 0 radical (unpaired) electrons. The maximum Gasteiger partial charge on any atom is 0.391 e. The first-order valence-corrected chi connectivity index (χ1v) is 8.20. The number of aromatic nitrogens is 4. The molecule has 0 unspecified atom stereocenters. The van der Waals surface area contributed by atoms with Gasteiger partial charge in [-0.25, -0.2) is 9.78 Å². The molecule has 11 nitrogen and oxygen atoms in total. The van der Waals surface area contributed by atoms with Crippen molar-refractivity contribution in [2.75, 3.05) is 13.2 Å². The topological polar surface area (TPSA) is 143 Å². The van der Waals surface area contributed by atoms with Crippen LogP contribution in [-0.2, 0) is 41.1 Å². The van der Waals surface area contributed by atoms with Crippen LogP contribution in [0.25, 0.3) is 0 Å². The van der Waals surface area contributed by atoms with E-state index in [1.807, 2.05) is 0 Å². The summed E-state index contributed by atoms with van der Waals surface area (Å²) in [5.74, 6) is -0.827. The highest BCUT2D eigenvalue weighted by molar-refractivity contribution is 7.52. The lowest BCUT2D eigenvalue weighted by Crippen LogP contribution is -2.09.